The molecule has 3 aliphatic rings. The molecular formula is C19H25FN2O3. The predicted octanol–water partition coefficient (Wildman–Crippen LogP) is 1.70. The number of benzene rings is 1. The molecule has 0 N–H and O–H groups in total. The summed E-state index contributed by atoms with van der Waals surface area (Å²) in [6.45, 7) is 7.07. The molecule has 2 saturated heterocycles. The van der Waals surface area contributed by atoms with Gasteiger partial charge in [0.25, 0.3) is 5.91 Å². The second-order valence-electron chi connectivity index (χ2n) is 7.17. The van der Waals surface area contributed by atoms with E-state index in [1.807, 2.05) is 11.0 Å². The molecule has 3 aliphatic heterocycles. The maximum atomic E-state index is 13.9. The van der Waals surface area contributed by atoms with E-state index >= 15 is 0 Å². The maximum absolute atomic E-state index is 13.9. The standard InChI is InChI=1S/C19H25FN2O3/c1-2-13-11-22(12-16(13)21-6-8-24-9-7-21)19(23)17-10-14-4-3-5-15(20)18(14)25-17/h3-5,13,16-17H,2,6-12H2,1H3/t13-,16-,17-/m1/s1. The van der Waals surface area contributed by atoms with Gasteiger partial charge in [-0.05, 0) is 12.0 Å². The van der Waals surface area contributed by atoms with Crippen molar-refractivity contribution in [2.75, 3.05) is 39.4 Å². The Morgan fingerprint density at radius 3 is 2.80 bits per heavy atom. The summed E-state index contributed by atoms with van der Waals surface area (Å²) in [6, 6.07) is 5.27. The summed E-state index contributed by atoms with van der Waals surface area (Å²) < 4.78 is 25.0. The van der Waals surface area contributed by atoms with E-state index in [1.54, 1.807) is 6.07 Å². The second-order valence-corrected chi connectivity index (χ2v) is 7.17. The van der Waals surface area contributed by atoms with E-state index in [2.05, 4.69) is 11.8 Å². The van der Waals surface area contributed by atoms with E-state index < -0.39 is 6.10 Å². The molecule has 0 aliphatic carbocycles. The fourth-order valence-corrected chi connectivity index (χ4v) is 4.33. The number of hydrogen-bond donors (Lipinski definition) is 0. The topological polar surface area (TPSA) is 42.0 Å². The number of amides is 1. The molecule has 0 unspecified atom stereocenters. The molecular weight excluding hydrogens is 323 g/mol. The van der Waals surface area contributed by atoms with Crippen LogP contribution in [0.5, 0.6) is 5.75 Å². The number of rotatable bonds is 3. The van der Waals surface area contributed by atoms with E-state index in [1.165, 1.54) is 6.07 Å². The van der Waals surface area contributed by atoms with Crippen LogP contribution in [-0.2, 0) is 16.0 Å². The van der Waals surface area contributed by atoms with Crippen LogP contribution >= 0.6 is 0 Å². The minimum atomic E-state index is -0.590. The van der Waals surface area contributed by atoms with Gasteiger partial charge in [-0.2, -0.15) is 0 Å². The Bertz CT molecular complexity index is 648. The lowest BCUT2D eigenvalue weighted by Gasteiger charge is -2.34. The molecule has 1 aromatic carbocycles. The number of likely N-dealkylation sites (tertiary alicyclic amines) is 1. The van der Waals surface area contributed by atoms with Gasteiger partial charge in [0.15, 0.2) is 17.7 Å². The second kappa shape index (κ2) is 6.92. The Kier molecular flexibility index (Phi) is 4.65. The zero-order valence-electron chi connectivity index (χ0n) is 14.6. The molecule has 0 saturated carbocycles. The van der Waals surface area contributed by atoms with Crippen LogP contribution in [0, 0.1) is 11.7 Å². The molecule has 25 heavy (non-hydrogen) atoms. The first kappa shape index (κ1) is 16.8. The average molecular weight is 348 g/mol. The first-order valence-corrected chi connectivity index (χ1v) is 9.22. The molecule has 3 heterocycles. The lowest BCUT2D eigenvalue weighted by Crippen LogP contribution is -2.48. The first-order valence-electron chi connectivity index (χ1n) is 9.22. The summed E-state index contributed by atoms with van der Waals surface area (Å²) >= 11 is 0. The fourth-order valence-electron chi connectivity index (χ4n) is 4.33. The summed E-state index contributed by atoms with van der Waals surface area (Å²) in [6.07, 6.45) is 0.918. The highest BCUT2D eigenvalue weighted by Gasteiger charge is 2.42. The summed E-state index contributed by atoms with van der Waals surface area (Å²) in [5.41, 5.74) is 0.786. The van der Waals surface area contributed by atoms with E-state index in [4.69, 9.17) is 9.47 Å². The van der Waals surface area contributed by atoms with Crippen molar-refractivity contribution >= 4 is 5.91 Å². The lowest BCUT2D eigenvalue weighted by atomic mass is 9.99. The van der Waals surface area contributed by atoms with Gasteiger partial charge in [-0.25, -0.2) is 4.39 Å². The normalized spacial score (nSPS) is 29.5. The van der Waals surface area contributed by atoms with Crippen LogP contribution in [0.25, 0.3) is 0 Å². The number of morpholine rings is 1. The van der Waals surface area contributed by atoms with Crippen molar-refractivity contribution in [2.45, 2.75) is 31.9 Å². The summed E-state index contributed by atoms with van der Waals surface area (Å²) in [5.74, 6) is 0.330. The van der Waals surface area contributed by atoms with E-state index in [9.17, 15) is 9.18 Å². The quantitative estimate of drug-likeness (QED) is 0.834. The van der Waals surface area contributed by atoms with Crippen molar-refractivity contribution in [3.8, 4) is 5.75 Å². The van der Waals surface area contributed by atoms with Crippen LogP contribution in [0.4, 0.5) is 4.39 Å². The van der Waals surface area contributed by atoms with Gasteiger partial charge in [-0.15, -0.1) is 0 Å². The van der Waals surface area contributed by atoms with Crippen molar-refractivity contribution < 1.29 is 18.7 Å². The number of halogens is 1. The molecule has 2 fully saturated rings. The molecule has 0 bridgehead atoms. The Labute approximate surface area is 147 Å². The highest BCUT2D eigenvalue weighted by atomic mass is 19.1. The smallest absolute Gasteiger partial charge is 0.264 e. The zero-order valence-corrected chi connectivity index (χ0v) is 14.6. The highest BCUT2D eigenvalue weighted by molar-refractivity contribution is 5.83. The molecule has 0 aromatic heterocycles. The van der Waals surface area contributed by atoms with Crippen molar-refractivity contribution in [1.82, 2.24) is 9.80 Å². The van der Waals surface area contributed by atoms with Gasteiger partial charge >= 0.3 is 0 Å². The van der Waals surface area contributed by atoms with Gasteiger partial charge in [-0.1, -0.05) is 25.5 Å². The monoisotopic (exact) mass is 348 g/mol. The average Bonchev–Trinajstić information content (AvgIpc) is 3.27. The SMILES string of the molecule is CC[C@@H]1CN(C(=O)[C@H]2Cc3cccc(F)c3O2)C[C@H]1N1CCOCC1. The third kappa shape index (κ3) is 3.13. The molecule has 5 nitrogen and oxygen atoms in total. The van der Waals surface area contributed by atoms with Crippen molar-refractivity contribution in [1.29, 1.82) is 0 Å². The van der Waals surface area contributed by atoms with E-state index in [-0.39, 0.29) is 17.5 Å². The van der Waals surface area contributed by atoms with Gasteiger partial charge in [0.05, 0.1) is 13.2 Å². The van der Waals surface area contributed by atoms with Gasteiger partial charge < -0.3 is 14.4 Å². The lowest BCUT2D eigenvalue weighted by molar-refractivity contribution is -0.137. The summed E-state index contributed by atoms with van der Waals surface area (Å²) in [7, 11) is 0. The first-order chi connectivity index (χ1) is 12.2. The van der Waals surface area contributed by atoms with Crippen LogP contribution < -0.4 is 4.74 Å². The molecule has 3 atom stereocenters. The van der Waals surface area contributed by atoms with Gasteiger partial charge in [-0.3, -0.25) is 9.69 Å². The van der Waals surface area contributed by atoms with Gasteiger partial charge in [0, 0.05) is 44.2 Å². The van der Waals surface area contributed by atoms with E-state index in [0.717, 1.165) is 51.4 Å². The number of carbonyl (C=O) groups is 1. The van der Waals surface area contributed by atoms with Gasteiger partial charge in [0.2, 0.25) is 0 Å². The zero-order chi connectivity index (χ0) is 17.4. The Morgan fingerprint density at radius 1 is 1.28 bits per heavy atom. The number of para-hydroxylation sites is 1. The minimum absolute atomic E-state index is 0.00944. The summed E-state index contributed by atoms with van der Waals surface area (Å²) in [4.78, 5) is 17.3. The molecule has 0 spiro atoms. The Morgan fingerprint density at radius 2 is 2.08 bits per heavy atom. The van der Waals surface area contributed by atoms with Crippen molar-refractivity contribution in [3.05, 3.63) is 29.6 Å². The third-order valence-corrected chi connectivity index (χ3v) is 5.75. The van der Waals surface area contributed by atoms with E-state index in [0.29, 0.717) is 18.4 Å². The molecule has 0 radical (unpaired) electrons. The predicted molar refractivity (Wildman–Crippen MR) is 91.1 cm³/mol. The molecule has 1 amide bonds. The third-order valence-electron chi connectivity index (χ3n) is 5.75. The Hall–Kier alpha value is -1.66. The fraction of sp³-hybridized carbons (Fsp3) is 0.632. The number of hydrogen-bond acceptors (Lipinski definition) is 4. The van der Waals surface area contributed by atoms with Crippen LogP contribution in [0.1, 0.15) is 18.9 Å². The van der Waals surface area contributed by atoms with Crippen molar-refractivity contribution in [3.63, 3.8) is 0 Å². The van der Waals surface area contributed by atoms with Gasteiger partial charge in [0.1, 0.15) is 0 Å². The highest BCUT2D eigenvalue weighted by Crippen LogP contribution is 2.33. The minimum Gasteiger partial charge on any atom is -0.477 e. The van der Waals surface area contributed by atoms with Crippen LogP contribution in [0.15, 0.2) is 18.2 Å². The molecule has 4 rings (SSSR count). The van der Waals surface area contributed by atoms with Crippen molar-refractivity contribution in [2.24, 2.45) is 5.92 Å². The van der Waals surface area contributed by atoms with Crippen LogP contribution in [-0.4, -0.2) is 67.2 Å². The van der Waals surface area contributed by atoms with Crippen LogP contribution in [0.2, 0.25) is 0 Å². The largest absolute Gasteiger partial charge is 0.477 e. The number of carbonyl (C=O) groups excluding carboxylic acids is 1. The molecule has 1 aromatic rings. The molecule has 6 heteroatoms. The number of ether oxygens (including phenoxy) is 2. The summed E-state index contributed by atoms with van der Waals surface area (Å²) in [5, 5.41) is 0. The Balaban J connectivity index is 1.44. The maximum Gasteiger partial charge on any atom is 0.264 e. The van der Waals surface area contributed by atoms with Crippen LogP contribution in [0.3, 0.4) is 0 Å². The number of nitrogens with zero attached hydrogens (tertiary/aromatic N) is 2. The number of fused-ring (bicyclic) bond motifs is 1. The molecule has 136 valence electrons.